The molecule has 2 heteroatoms. The second kappa shape index (κ2) is 6.14. The number of ketones is 2. The molecule has 0 N–H and O–H groups in total. The molecule has 0 aliphatic carbocycles. The zero-order valence-electron chi connectivity index (χ0n) is 12.7. The van der Waals surface area contributed by atoms with Crippen LogP contribution in [0.15, 0.2) is 18.2 Å². The lowest BCUT2D eigenvalue weighted by Crippen LogP contribution is -2.23. The summed E-state index contributed by atoms with van der Waals surface area (Å²) >= 11 is 0. The molecule has 0 amide bonds. The van der Waals surface area contributed by atoms with Crippen molar-refractivity contribution in [3.8, 4) is 0 Å². The molecule has 0 fully saturated rings. The van der Waals surface area contributed by atoms with Crippen LogP contribution in [0.3, 0.4) is 0 Å². The molecule has 0 atom stereocenters. The SMILES string of the molecule is CCc1cc(CC)cc(C(=O)CC(=O)C(C)(C)C)c1. The van der Waals surface area contributed by atoms with Crippen LogP contribution in [0.4, 0.5) is 0 Å². The standard InChI is InChI=1S/C17H24O2/c1-6-12-8-13(7-2)10-14(9-12)15(18)11-16(19)17(3,4)5/h8-10H,6-7,11H2,1-5H3. The Hall–Kier alpha value is -1.44. The Labute approximate surface area is 116 Å². The fourth-order valence-corrected chi connectivity index (χ4v) is 1.84. The summed E-state index contributed by atoms with van der Waals surface area (Å²) in [6.45, 7) is 9.69. The molecule has 1 rings (SSSR count). The van der Waals surface area contributed by atoms with E-state index in [4.69, 9.17) is 0 Å². The predicted octanol–water partition coefficient (Wildman–Crippen LogP) is 4.00. The predicted molar refractivity (Wildman–Crippen MR) is 78.6 cm³/mol. The highest BCUT2D eigenvalue weighted by molar-refractivity contribution is 6.09. The van der Waals surface area contributed by atoms with Crippen LogP contribution in [0, 0.1) is 5.41 Å². The lowest BCUT2D eigenvalue weighted by molar-refractivity contribution is -0.125. The van der Waals surface area contributed by atoms with Gasteiger partial charge >= 0.3 is 0 Å². The number of rotatable bonds is 5. The van der Waals surface area contributed by atoms with Crippen molar-refractivity contribution >= 4 is 11.6 Å². The van der Waals surface area contributed by atoms with Crippen molar-refractivity contribution in [1.29, 1.82) is 0 Å². The van der Waals surface area contributed by atoms with Crippen molar-refractivity contribution in [2.45, 2.75) is 53.9 Å². The maximum absolute atomic E-state index is 12.2. The Bertz CT molecular complexity index is 456. The minimum Gasteiger partial charge on any atom is -0.299 e. The van der Waals surface area contributed by atoms with E-state index in [9.17, 15) is 9.59 Å². The first-order chi connectivity index (χ1) is 8.77. The quantitative estimate of drug-likeness (QED) is 0.592. The van der Waals surface area contributed by atoms with Crippen molar-refractivity contribution < 1.29 is 9.59 Å². The van der Waals surface area contributed by atoms with Crippen LogP contribution >= 0.6 is 0 Å². The van der Waals surface area contributed by atoms with Crippen LogP contribution in [0.25, 0.3) is 0 Å². The van der Waals surface area contributed by atoms with Gasteiger partial charge in [0.2, 0.25) is 0 Å². The average molecular weight is 260 g/mol. The van der Waals surface area contributed by atoms with E-state index < -0.39 is 5.41 Å². The summed E-state index contributed by atoms with van der Waals surface area (Å²) in [5, 5.41) is 0. The number of aryl methyl sites for hydroxylation is 2. The van der Waals surface area contributed by atoms with Gasteiger partial charge in [-0.3, -0.25) is 9.59 Å². The van der Waals surface area contributed by atoms with E-state index in [1.54, 1.807) is 0 Å². The maximum Gasteiger partial charge on any atom is 0.170 e. The Balaban J connectivity index is 2.96. The molecule has 104 valence electrons. The van der Waals surface area contributed by atoms with E-state index in [-0.39, 0.29) is 18.0 Å². The topological polar surface area (TPSA) is 34.1 Å². The average Bonchev–Trinajstić information content (AvgIpc) is 2.36. The van der Waals surface area contributed by atoms with Gasteiger partial charge in [0.15, 0.2) is 5.78 Å². The third kappa shape index (κ3) is 4.30. The Morgan fingerprint density at radius 1 is 0.947 bits per heavy atom. The van der Waals surface area contributed by atoms with Gasteiger partial charge in [-0.15, -0.1) is 0 Å². The van der Waals surface area contributed by atoms with E-state index in [1.807, 2.05) is 32.9 Å². The second-order valence-electron chi connectivity index (χ2n) is 6.02. The molecule has 0 bridgehead atoms. The number of hydrogen-bond donors (Lipinski definition) is 0. The summed E-state index contributed by atoms with van der Waals surface area (Å²) in [4.78, 5) is 24.2. The van der Waals surface area contributed by atoms with Gasteiger partial charge in [0.1, 0.15) is 5.78 Å². The number of benzene rings is 1. The zero-order valence-corrected chi connectivity index (χ0v) is 12.7. The maximum atomic E-state index is 12.2. The molecular weight excluding hydrogens is 236 g/mol. The molecule has 0 aromatic heterocycles. The molecule has 0 unspecified atom stereocenters. The lowest BCUT2D eigenvalue weighted by Gasteiger charge is -2.16. The number of carbonyl (C=O) groups is 2. The van der Waals surface area contributed by atoms with Gasteiger partial charge in [-0.05, 0) is 36.1 Å². The molecule has 2 nitrogen and oxygen atoms in total. The second-order valence-corrected chi connectivity index (χ2v) is 6.02. The summed E-state index contributed by atoms with van der Waals surface area (Å²) in [5.74, 6) is -0.0672. The molecule has 1 aromatic carbocycles. The molecule has 0 aliphatic rings. The normalized spacial score (nSPS) is 11.4. The fourth-order valence-electron chi connectivity index (χ4n) is 1.84. The molecule has 0 spiro atoms. The van der Waals surface area contributed by atoms with Gasteiger partial charge in [0, 0.05) is 11.0 Å². The minimum absolute atomic E-state index is 0.000177. The summed E-state index contributed by atoms with van der Waals surface area (Å²) < 4.78 is 0. The molecule has 0 aliphatic heterocycles. The van der Waals surface area contributed by atoms with Gasteiger partial charge in [0.05, 0.1) is 6.42 Å². The summed E-state index contributed by atoms with van der Waals surface area (Å²) in [6, 6.07) is 5.96. The van der Waals surface area contributed by atoms with Crippen LogP contribution < -0.4 is 0 Å². The van der Waals surface area contributed by atoms with Gasteiger partial charge in [-0.2, -0.15) is 0 Å². The van der Waals surface area contributed by atoms with Gasteiger partial charge < -0.3 is 0 Å². The number of Topliss-reactive ketones (excluding diaryl/α,β-unsaturated/α-hetero) is 2. The monoisotopic (exact) mass is 260 g/mol. The first kappa shape index (κ1) is 15.6. The van der Waals surface area contributed by atoms with Crippen molar-refractivity contribution in [2.24, 2.45) is 5.41 Å². The first-order valence-electron chi connectivity index (χ1n) is 6.97. The van der Waals surface area contributed by atoms with Crippen LogP contribution in [0.2, 0.25) is 0 Å². The van der Waals surface area contributed by atoms with Crippen LogP contribution in [0.5, 0.6) is 0 Å². The smallest absolute Gasteiger partial charge is 0.170 e. The van der Waals surface area contributed by atoms with Crippen molar-refractivity contribution in [3.05, 3.63) is 34.9 Å². The molecule has 0 saturated carbocycles. The molecule has 0 saturated heterocycles. The highest BCUT2D eigenvalue weighted by Gasteiger charge is 2.24. The van der Waals surface area contributed by atoms with Gasteiger partial charge in [-0.1, -0.05) is 40.7 Å². The summed E-state index contributed by atoms with van der Waals surface area (Å²) in [7, 11) is 0. The van der Waals surface area contributed by atoms with Crippen LogP contribution in [-0.4, -0.2) is 11.6 Å². The highest BCUT2D eigenvalue weighted by Crippen LogP contribution is 2.20. The lowest BCUT2D eigenvalue weighted by atomic mass is 9.86. The zero-order chi connectivity index (χ0) is 14.6. The van der Waals surface area contributed by atoms with E-state index >= 15 is 0 Å². The molecule has 1 aromatic rings. The van der Waals surface area contributed by atoms with Crippen molar-refractivity contribution in [3.63, 3.8) is 0 Å². The number of hydrogen-bond acceptors (Lipinski definition) is 2. The van der Waals surface area contributed by atoms with Gasteiger partial charge in [-0.25, -0.2) is 0 Å². The fraction of sp³-hybridized carbons (Fsp3) is 0.529. The van der Waals surface area contributed by atoms with Crippen molar-refractivity contribution in [1.82, 2.24) is 0 Å². The Kier molecular flexibility index (Phi) is 5.04. The molecule has 0 heterocycles. The third-order valence-corrected chi connectivity index (χ3v) is 3.35. The molecular formula is C17H24O2. The Morgan fingerprint density at radius 3 is 1.79 bits per heavy atom. The largest absolute Gasteiger partial charge is 0.299 e. The Morgan fingerprint density at radius 2 is 1.42 bits per heavy atom. The van der Waals surface area contributed by atoms with Crippen LogP contribution in [0.1, 0.15) is 62.5 Å². The van der Waals surface area contributed by atoms with Crippen molar-refractivity contribution in [2.75, 3.05) is 0 Å². The van der Waals surface area contributed by atoms with E-state index in [0.29, 0.717) is 5.56 Å². The van der Waals surface area contributed by atoms with E-state index in [1.165, 1.54) is 0 Å². The summed E-state index contributed by atoms with van der Waals surface area (Å²) in [6.07, 6.45) is 1.81. The summed E-state index contributed by atoms with van der Waals surface area (Å²) in [5.41, 5.74) is 2.54. The first-order valence-corrected chi connectivity index (χ1v) is 6.97. The van der Waals surface area contributed by atoms with Gasteiger partial charge in [0.25, 0.3) is 0 Å². The minimum atomic E-state index is -0.453. The van der Waals surface area contributed by atoms with Crippen LogP contribution in [-0.2, 0) is 17.6 Å². The third-order valence-electron chi connectivity index (χ3n) is 3.35. The van der Waals surface area contributed by atoms with E-state index in [0.717, 1.165) is 24.0 Å². The highest BCUT2D eigenvalue weighted by atomic mass is 16.1. The number of carbonyl (C=O) groups excluding carboxylic acids is 2. The molecule has 0 radical (unpaired) electrons. The van der Waals surface area contributed by atoms with E-state index in [2.05, 4.69) is 19.9 Å². The molecule has 19 heavy (non-hydrogen) atoms.